The molecule has 198 valence electrons. The molecule has 36 heavy (non-hydrogen) atoms. The van der Waals surface area contributed by atoms with Gasteiger partial charge >= 0.3 is 0 Å². The molecule has 0 bridgehead atoms. The second-order valence-electron chi connectivity index (χ2n) is 9.68. The van der Waals surface area contributed by atoms with Crippen molar-refractivity contribution in [2.24, 2.45) is 0 Å². The quantitative estimate of drug-likeness (QED) is 0.365. The molecule has 1 atom stereocenters. The normalized spacial score (nSPS) is 17.4. The minimum Gasteiger partial charge on any atom is -0.360 e. The maximum Gasteiger partial charge on any atom is 0.186 e. The Morgan fingerprint density at radius 3 is 2.50 bits per heavy atom. The van der Waals surface area contributed by atoms with E-state index < -0.39 is 0 Å². The Bertz CT molecular complexity index is 1130. The summed E-state index contributed by atoms with van der Waals surface area (Å²) < 4.78 is 5.59. The summed E-state index contributed by atoms with van der Waals surface area (Å²) in [5.41, 5.74) is 2.81. The molecule has 0 aromatic carbocycles. The van der Waals surface area contributed by atoms with Crippen LogP contribution >= 0.6 is 11.6 Å². The largest absolute Gasteiger partial charge is 0.360 e. The second kappa shape index (κ2) is 13.3. The average molecular weight is 517 g/mol. The number of hydrogen-bond donors (Lipinski definition) is 1. The Morgan fingerprint density at radius 1 is 1.14 bits per heavy atom. The molecule has 1 N–H and O–H groups in total. The number of fused-ring (bicyclic) bond motifs is 2. The van der Waals surface area contributed by atoms with Gasteiger partial charge in [-0.3, -0.25) is 9.89 Å². The molecule has 0 radical (unpaired) electrons. The van der Waals surface area contributed by atoms with Gasteiger partial charge in [0.25, 0.3) is 0 Å². The van der Waals surface area contributed by atoms with E-state index in [-0.39, 0.29) is 11.7 Å². The fourth-order valence-electron chi connectivity index (χ4n) is 5.00. The smallest absolute Gasteiger partial charge is 0.186 e. The third kappa shape index (κ3) is 6.32. The number of nitrogens with one attached hydrogen (secondary N) is 1. The molecule has 9 heteroatoms. The van der Waals surface area contributed by atoms with Crippen LogP contribution in [-0.2, 0) is 11.2 Å². The number of halogens is 1. The number of ketones is 1. The zero-order valence-corrected chi connectivity index (χ0v) is 23.4. The van der Waals surface area contributed by atoms with Crippen molar-refractivity contribution in [3.63, 3.8) is 0 Å². The van der Waals surface area contributed by atoms with E-state index in [9.17, 15) is 4.79 Å². The first kappa shape index (κ1) is 28.3. The molecule has 5 rings (SSSR count). The molecule has 0 amide bonds. The maximum atomic E-state index is 12.5. The molecule has 3 aromatic heterocycles. The lowest BCUT2D eigenvalue weighted by molar-refractivity contribution is -0.121. The molecule has 1 saturated carbocycles. The molecular formula is C27H41ClN6O2. The number of aromatic amines is 1. The zero-order chi connectivity index (χ0) is 26.2. The van der Waals surface area contributed by atoms with Crippen molar-refractivity contribution in [2.75, 3.05) is 14.1 Å². The first-order valence-electron chi connectivity index (χ1n) is 13.5. The van der Waals surface area contributed by atoms with Gasteiger partial charge < -0.3 is 9.42 Å². The van der Waals surface area contributed by atoms with Gasteiger partial charge in [0.2, 0.25) is 0 Å². The van der Waals surface area contributed by atoms with Crippen molar-refractivity contribution < 1.29 is 9.32 Å². The number of H-pyrrole nitrogens is 1. The number of rotatable bonds is 6. The van der Waals surface area contributed by atoms with Crippen LogP contribution in [0.5, 0.6) is 0 Å². The van der Waals surface area contributed by atoms with E-state index in [4.69, 9.17) is 16.1 Å². The molecule has 2 aliphatic rings. The van der Waals surface area contributed by atoms with E-state index in [0.717, 1.165) is 49.4 Å². The fraction of sp³-hybridized carbons (Fsp3) is 0.667. The number of carbonyl (C=O) groups excluding carboxylic acids is 1. The Kier molecular flexibility index (Phi) is 10.4. The lowest BCUT2D eigenvalue weighted by Crippen LogP contribution is -2.23. The van der Waals surface area contributed by atoms with E-state index in [0.29, 0.717) is 39.9 Å². The number of hydrogen-bond acceptors (Lipinski definition) is 7. The topological polar surface area (TPSA) is 101 Å². The monoisotopic (exact) mass is 516 g/mol. The summed E-state index contributed by atoms with van der Waals surface area (Å²) in [6.07, 6.45) is 10.8. The third-order valence-electron chi connectivity index (χ3n) is 7.04. The molecule has 0 saturated heterocycles. The van der Waals surface area contributed by atoms with E-state index in [2.05, 4.69) is 51.2 Å². The molecule has 8 nitrogen and oxygen atoms in total. The third-order valence-corrected chi connectivity index (χ3v) is 7.31. The van der Waals surface area contributed by atoms with Crippen LogP contribution in [0.2, 0.25) is 5.15 Å². The van der Waals surface area contributed by atoms with Gasteiger partial charge in [-0.2, -0.15) is 5.10 Å². The number of carbonyl (C=O) groups is 1. The maximum absolute atomic E-state index is 12.5. The standard InChI is InChI=1S/C18H20ClN5O2.C7H15N.C2H6/c1-3-4-8-12(25)10-6-5-7-11-14(24-26-15(10)11)18-20-16(19)13-9(2)22-23-17(13)21-18;1-8(2)7-5-3-4-6-7;1-2/h10H,3-8H2,1-2H3,(H,20,21,22,23);7H,3-6H2,1-2H3;1-2H3. The summed E-state index contributed by atoms with van der Waals surface area (Å²) in [5, 5.41) is 12.3. The fourth-order valence-corrected chi connectivity index (χ4v) is 5.31. The van der Waals surface area contributed by atoms with Gasteiger partial charge in [0, 0.05) is 23.7 Å². The minimum atomic E-state index is -0.210. The minimum absolute atomic E-state index is 0.210. The highest BCUT2D eigenvalue weighted by molar-refractivity contribution is 6.34. The van der Waals surface area contributed by atoms with Crippen LogP contribution in [0.25, 0.3) is 22.6 Å². The van der Waals surface area contributed by atoms with Crippen LogP contribution in [0, 0.1) is 6.92 Å². The van der Waals surface area contributed by atoms with E-state index in [1.807, 2.05) is 20.8 Å². The van der Waals surface area contributed by atoms with Gasteiger partial charge in [0.1, 0.15) is 10.9 Å². The van der Waals surface area contributed by atoms with E-state index >= 15 is 0 Å². The van der Waals surface area contributed by atoms with Crippen LogP contribution in [0.3, 0.4) is 0 Å². The number of unbranched alkanes of at least 4 members (excludes halogenated alkanes) is 1. The molecular weight excluding hydrogens is 476 g/mol. The lowest BCUT2D eigenvalue weighted by atomic mass is 9.83. The molecule has 2 aliphatic carbocycles. The van der Waals surface area contributed by atoms with Crippen LogP contribution in [0.15, 0.2) is 4.52 Å². The summed E-state index contributed by atoms with van der Waals surface area (Å²) in [5.74, 6) is 1.08. The Balaban J connectivity index is 0.000000305. The summed E-state index contributed by atoms with van der Waals surface area (Å²) in [6, 6.07) is 0.898. The van der Waals surface area contributed by atoms with Gasteiger partial charge in [0.15, 0.2) is 22.9 Å². The molecule has 3 heterocycles. The summed E-state index contributed by atoms with van der Waals surface area (Å²) >= 11 is 6.32. The Morgan fingerprint density at radius 2 is 1.86 bits per heavy atom. The van der Waals surface area contributed by atoms with Crippen molar-refractivity contribution in [3.8, 4) is 11.5 Å². The van der Waals surface area contributed by atoms with Crippen molar-refractivity contribution in [3.05, 3.63) is 22.2 Å². The first-order valence-corrected chi connectivity index (χ1v) is 13.8. The predicted octanol–water partition coefficient (Wildman–Crippen LogP) is 6.67. The van der Waals surface area contributed by atoms with Crippen molar-refractivity contribution >= 4 is 28.4 Å². The van der Waals surface area contributed by atoms with E-state index in [1.165, 1.54) is 25.7 Å². The van der Waals surface area contributed by atoms with E-state index in [1.54, 1.807) is 0 Å². The highest BCUT2D eigenvalue weighted by Gasteiger charge is 2.33. The Hall–Kier alpha value is -2.32. The molecule has 1 unspecified atom stereocenters. The van der Waals surface area contributed by atoms with Crippen LogP contribution < -0.4 is 0 Å². The average Bonchev–Trinajstić information content (AvgIpc) is 3.64. The summed E-state index contributed by atoms with van der Waals surface area (Å²) in [4.78, 5) is 23.8. The van der Waals surface area contributed by atoms with Gasteiger partial charge in [-0.25, -0.2) is 9.97 Å². The molecule has 0 spiro atoms. The number of Topliss-reactive ketones (excluding diaryl/α,β-unsaturated/α-hetero) is 1. The Labute approximate surface area is 219 Å². The first-order chi connectivity index (χ1) is 17.4. The zero-order valence-electron chi connectivity index (χ0n) is 22.7. The summed E-state index contributed by atoms with van der Waals surface area (Å²) in [6.45, 7) is 7.95. The number of aryl methyl sites for hydroxylation is 1. The van der Waals surface area contributed by atoms with Crippen LogP contribution in [0.1, 0.15) is 101 Å². The summed E-state index contributed by atoms with van der Waals surface area (Å²) in [7, 11) is 4.35. The highest BCUT2D eigenvalue weighted by atomic mass is 35.5. The van der Waals surface area contributed by atoms with Gasteiger partial charge in [-0.05, 0) is 59.5 Å². The van der Waals surface area contributed by atoms with Crippen LogP contribution in [0.4, 0.5) is 0 Å². The van der Waals surface area contributed by atoms with Gasteiger partial charge in [-0.1, -0.05) is 56.8 Å². The van der Waals surface area contributed by atoms with Crippen molar-refractivity contribution in [1.82, 2.24) is 30.2 Å². The van der Waals surface area contributed by atoms with Gasteiger partial charge in [-0.15, -0.1) is 0 Å². The molecule has 1 fully saturated rings. The van der Waals surface area contributed by atoms with Gasteiger partial charge in [0.05, 0.1) is 11.3 Å². The highest BCUT2D eigenvalue weighted by Crippen LogP contribution is 2.38. The van der Waals surface area contributed by atoms with Crippen molar-refractivity contribution in [1.29, 1.82) is 0 Å². The number of aromatic nitrogens is 5. The predicted molar refractivity (Wildman–Crippen MR) is 144 cm³/mol. The lowest BCUT2D eigenvalue weighted by Gasteiger charge is -2.19. The molecule has 0 aliphatic heterocycles. The van der Waals surface area contributed by atoms with Crippen LogP contribution in [-0.4, -0.2) is 56.1 Å². The SMILES string of the molecule is CC.CCCCC(=O)C1CCCc2c(-c3nc(Cl)c4c(C)[nH]nc4n3)noc21.CN(C)C1CCCC1. The van der Waals surface area contributed by atoms with Crippen molar-refractivity contribution in [2.45, 2.75) is 104 Å². The second-order valence-corrected chi connectivity index (χ2v) is 10.0. The molecule has 3 aromatic rings. The number of nitrogens with zero attached hydrogens (tertiary/aromatic N) is 5.